The Bertz CT molecular complexity index is 590. The summed E-state index contributed by atoms with van der Waals surface area (Å²) in [5.41, 5.74) is 2.14. The largest absolute Gasteiger partial charge is 0.355 e. The summed E-state index contributed by atoms with van der Waals surface area (Å²) in [4.78, 5) is 7.19. The molecular formula is C12H9N3O. The SMILES string of the molecule is C(=Cc1cc2ccccc2[nH]1)c1ncon1. The second kappa shape index (κ2) is 3.66. The van der Waals surface area contributed by atoms with E-state index < -0.39 is 0 Å². The normalized spacial score (nSPS) is 11.5. The maximum Gasteiger partial charge on any atom is 0.214 e. The van der Waals surface area contributed by atoms with E-state index in [1.807, 2.05) is 24.3 Å². The first-order valence-electron chi connectivity index (χ1n) is 4.94. The fraction of sp³-hybridized carbons (Fsp3) is 0. The van der Waals surface area contributed by atoms with Crippen LogP contribution in [-0.2, 0) is 0 Å². The van der Waals surface area contributed by atoms with Crippen LogP contribution in [0.4, 0.5) is 0 Å². The lowest BCUT2D eigenvalue weighted by Gasteiger charge is -1.84. The minimum atomic E-state index is 0.568. The van der Waals surface area contributed by atoms with E-state index in [0.29, 0.717) is 5.82 Å². The molecule has 0 bridgehead atoms. The molecule has 0 fully saturated rings. The predicted octanol–water partition coefficient (Wildman–Crippen LogP) is 2.72. The van der Waals surface area contributed by atoms with Crippen LogP contribution in [0.1, 0.15) is 11.5 Å². The molecule has 16 heavy (non-hydrogen) atoms. The van der Waals surface area contributed by atoms with Gasteiger partial charge in [-0.05, 0) is 29.7 Å². The van der Waals surface area contributed by atoms with Crippen LogP contribution in [-0.4, -0.2) is 15.1 Å². The number of hydrogen-bond donors (Lipinski definition) is 1. The van der Waals surface area contributed by atoms with Gasteiger partial charge in [-0.15, -0.1) is 0 Å². The van der Waals surface area contributed by atoms with Crippen LogP contribution < -0.4 is 0 Å². The lowest BCUT2D eigenvalue weighted by atomic mass is 10.2. The quantitative estimate of drug-likeness (QED) is 0.709. The fourth-order valence-corrected chi connectivity index (χ4v) is 1.60. The molecule has 0 aliphatic carbocycles. The molecule has 0 aliphatic rings. The molecule has 0 aliphatic heterocycles. The molecule has 2 aromatic heterocycles. The van der Waals surface area contributed by atoms with Gasteiger partial charge in [0.05, 0.1) is 0 Å². The molecule has 0 saturated carbocycles. The van der Waals surface area contributed by atoms with Crippen LogP contribution >= 0.6 is 0 Å². The number of para-hydroxylation sites is 1. The van der Waals surface area contributed by atoms with Crippen LogP contribution in [0.5, 0.6) is 0 Å². The molecular weight excluding hydrogens is 202 g/mol. The Balaban J connectivity index is 1.95. The van der Waals surface area contributed by atoms with Crippen LogP contribution in [0.25, 0.3) is 23.1 Å². The summed E-state index contributed by atoms with van der Waals surface area (Å²) < 4.78 is 4.64. The Kier molecular flexibility index (Phi) is 2.04. The third-order valence-electron chi connectivity index (χ3n) is 2.34. The van der Waals surface area contributed by atoms with Crippen molar-refractivity contribution in [2.24, 2.45) is 0 Å². The third kappa shape index (κ3) is 1.61. The van der Waals surface area contributed by atoms with E-state index in [2.05, 4.69) is 31.8 Å². The van der Waals surface area contributed by atoms with E-state index in [0.717, 1.165) is 11.2 Å². The number of hydrogen-bond acceptors (Lipinski definition) is 3. The molecule has 4 nitrogen and oxygen atoms in total. The monoisotopic (exact) mass is 211 g/mol. The Morgan fingerprint density at radius 3 is 2.94 bits per heavy atom. The third-order valence-corrected chi connectivity index (χ3v) is 2.34. The van der Waals surface area contributed by atoms with Crippen molar-refractivity contribution in [2.75, 3.05) is 0 Å². The molecule has 78 valence electrons. The van der Waals surface area contributed by atoms with Gasteiger partial charge in [-0.3, -0.25) is 0 Å². The highest BCUT2D eigenvalue weighted by Crippen LogP contribution is 2.15. The average Bonchev–Trinajstić information content (AvgIpc) is 2.95. The topological polar surface area (TPSA) is 54.7 Å². The second-order valence-electron chi connectivity index (χ2n) is 3.43. The number of fused-ring (bicyclic) bond motifs is 1. The first kappa shape index (κ1) is 8.91. The van der Waals surface area contributed by atoms with Crippen LogP contribution in [0, 0.1) is 0 Å². The maximum atomic E-state index is 4.64. The van der Waals surface area contributed by atoms with Crippen molar-refractivity contribution in [1.29, 1.82) is 0 Å². The zero-order valence-electron chi connectivity index (χ0n) is 8.42. The summed E-state index contributed by atoms with van der Waals surface area (Å²) in [6.45, 7) is 0. The minimum absolute atomic E-state index is 0.568. The van der Waals surface area contributed by atoms with Crippen molar-refractivity contribution < 1.29 is 4.52 Å². The number of H-pyrrole nitrogens is 1. The van der Waals surface area contributed by atoms with Gasteiger partial charge in [-0.25, -0.2) is 0 Å². The van der Waals surface area contributed by atoms with Crippen LogP contribution in [0.3, 0.4) is 0 Å². The van der Waals surface area contributed by atoms with E-state index in [1.54, 1.807) is 6.08 Å². The standard InChI is InChI=1S/C12H9N3O/c1-2-4-11-9(3-1)7-10(14-11)5-6-12-13-8-16-15-12/h1-8,14H. The van der Waals surface area contributed by atoms with Crippen molar-refractivity contribution in [3.63, 3.8) is 0 Å². The van der Waals surface area contributed by atoms with Crippen molar-refractivity contribution in [2.45, 2.75) is 0 Å². The molecule has 0 atom stereocenters. The predicted molar refractivity (Wildman–Crippen MR) is 61.5 cm³/mol. The average molecular weight is 211 g/mol. The van der Waals surface area contributed by atoms with E-state index in [-0.39, 0.29) is 0 Å². The van der Waals surface area contributed by atoms with Gasteiger partial charge < -0.3 is 9.51 Å². The van der Waals surface area contributed by atoms with E-state index in [4.69, 9.17) is 0 Å². The van der Waals surface area contributed by atoms with Gasteiger partial charge in [0.2, 0.25) is 6.39 Å². The summed E-state index contributed by atoms with van der Waals surface area (Å²) in [6, 6.07) is 10.2. The highest BCUT2D eigenvalue weighted by molar-refractivity contribution is 5.83. The molecule has 0 unspecified atom stereocenters. The first-order chi connectivity index (χ1) is 7.92. The van der Waals surface area contributed by atoms with Crippen molar-refractivity contribution >= 4 is 23.1 Å². The van der Waals surface area contributed by atoms with Crippen LogP contribution in [0.2, 0.25) is 0 Å². The Morgan fingerprint density at radius 2 is 2.12 bits per heavy atom. The lowest BCUT2D eigenvalue weighted by molar-refractivity contribution is 0.415. The Labute approximate surface area is 91.6 Å². The highest BCUT2D eigenvalue weighted by Gasteiger charge is 1.97. The molecule has 0 amide bonds. The zero-order chi connectivity index (χ0) is 10.8. The summed E-state index contributed by atoms with van der Waals surface area (Å²) in [6.07, 6.45) is 5.03. The van der Waals surface area contributed by atoms with Gasteiger partial charge in [-0.1, -0.05) is 23.4 Å². The minimum Gasteiger partial charge on any atom is -0.355 e. The lowest BCUT2D eigenvalue weighted by Crippen LogP contribution is -1.73. The summed E-state index contributed by atoms with van der Waals surface area (Å²) in [5.74, 6) is 0.568. The van der Waals surface area contributed by atoms with Crippen molar-refractivity contribution in [1.82, 2.24) is 15.1 Å². The van der Waals surface area contributed by atoms with Crippen LogP contribution in [0.15, 0.2) is 41.2 Å². The highest BCUT2D eigenvalue weighted by atomic mass is 16.5. The number of rotatable bonds is 2. The van der Waals surface area contributed by atoms with E-state index in [9.17, 15) is 0 Å². The van der Waals surface area contributed by atoms with E-state index in [1.165, 1.54) is 11.8 Å². The summed E-state index contributed by atoms with van der Waals surface area (Å²) in [5, 5.41) is 4.89. The number of aromatic nitrogens is 3. The molecule has 0 radical (unpaired) electrons. The molecule has 0 saturated heterocycles. The number of aromatic amines is 1. The Hall–Kier alpha value is -2.36. The number of nitrogens with zero attached hydrogens (tertiary/aromatic N) is 2. The summed E-state index contributed by atoms with van der Waals surface area (Å²) in [7, 11) is 0. The zero-order valence-corrected chi connectivity index (χ0v) is 8.42. The van der Waals surface area contributed by atoms with Crippen molar-refractivity contribution in [3.8, 4) is 0 Å². The first-order valence-corrected chi connectivity index (χ1v) is 4.94. The van der Waals surface area contributed by atoms with Gasteiger partial charge in [0, 0.05) is 11.2 Å². The number of nitrogens with one attached hydrogen (secondary N) is 1. The number of benzene rings is 1. The molecule has 3 rings (SSSR count). The molecule has 4 heteroatoms. The fourth-order valence-electron chi connectivity index (χ4n) is 1.60. The molecule has 1 N–H and O–H groups in total. The maximum absolute atomic E-state index is 4.64. The van der Waals surface area contributed by atoms with Gasteiger partial charge in [-0.2, -0.15) is 4.98 Å². The van der Waals surface area contributed by atoms with E-state index >= 15 is 0 Å². The van der Waals surface area contributed by atoms with Gasteiger partial charge in [0.15, 0.2) is 5.82 Å². The second-order valence-corrected chi connectivity index (χ2v) is 3.43. The van der Waals surface area contributed by atoms with Crippen molar-refractivity contribution in [3.05, 3.63) is 48.2 Å². The molecule has 2 heterocycles. The Morgan fingerprint density at radius 1 is 1.19 bits per heavy atom. The molecule has 1 aromatic carbocycles. The smallest absolute Gasteiger partial charge is 0.214 e. The van der Waals surface area contributed by atoms with Gasteiger partial charge in [0.25, 0.3) is 0 Å². The molecule has 3 aromatic rings. The summed E-state index contributed by atoms with van der Waals surface area (Å²) >= 11 is 0. The molecule has 0 spiro atoms. The van der Waals surface area contributed by atoms with Gasteiger partial charge >= 0.3 is 0 Å². The van der Waals surface area contributed by atoms with Gasteiger partial charge in [0.1, 0.15) is 0 Å².